The Balaban J connectivity index is 0.000000154. The van der Waals surface area contributed by atoms with Gasteiger partial charge in [-0.15, -0.1) is 0 Å². The van der Waals surface area contributed by atoms with E-state index in [0.29, 0.717) is 0 Å². The Morgan fingerprint density at radius 3 is 0.590 bits per heavy atom. The fourth-order valence-corrected chi connectivity index (χ4v) is 14.0. The van der Waals surface area contributed by atoms with Crippen molar-refractivity contribution in [3.63, 3.8) is 0 Å². The molecule has 0 fully saturated rings. The van der Waals surface area contributed by atoms with Crippen LogP contribution in [0.15, 0.2) is 243 Å². The third-order valence-corrected chi connectivity index (χ3v) is 19.6. The molecule has 8 aromatic carbocycles. The van der Waals surface area contributed by atoms with E-state index >= 15 is 0 Å². The van der Waals surface area contributed by atoms with E-state index in [4.69, 9.17) is 33.1 Å². The molecule has 9 heteroatoms. The summed E-state index contributed by atoms with van der Waals surface area (Å²) in [4.78, 5) is 0. The molecule has 0 aliphatic rings. The summed E-state index contributed by atoms with van der Waals surface area (Å²) in [7, 11) is 5.08. The molecule has 0 heterocycles. The second kappa shape index (κ2) is 27.0. The van der Waals surface area contributed by atoms with Gasteiger partial charge >= 0.3 is 104 Å². The van der Waals surface area contributed by atoms with Gasteiger partial charge in [-0.25, -0.2) is 0 Å². The summed E-state index contributed by atoms with van der Waals surface area (Å²) in [6.07, 6.45) is -2.35. The van der Waals surface area contributed by atoms with Gasteiger partial charge in [0.15, 0.2) is 0 Å². The van der Waals surface area contributed by atoms with E-state index in [9.17, 15) is 0 Å². The van der Waals surface area contributed by atoms with Gasteiger partial charge in [-0.2, -0.15) is 0 Å². The van der Waals surface area contributed by atoms with Crippen LogP contribution in [0.5, 0.6) is 0 Å². The molecular formula is C52H53NiO4P4. The number of rotatable bonds is 12. The van der Waals surface area contributed by atoms with Crippen molar-refractivity contribution >= 4 is 73.1 Å². The van der Waals surface area contributed by atoms with Crippen molar-refractivity contribution in [3.05, 3.63) is 243 Å². The van der Waals surface area contributed by atoms with Crippen LogP contribution in [0.3, 0.4) is 0 Å². The van der Waals surface area contributed by atoms with Crippen LogP contribution >= 0.6 is 30.7 Å². The summed E-state index contributed by atoms with van der Waals surface area (Å²) in [6.45, 7) is 0. The Morgan fingerprint density at radius 1 is 0.279 bits per heavy atom. The van der Waals surface area contributed by atoms with E-state index in [-0.39, 0.29) is 0 Å². The molecule has 0 N–H and O–H groups in total. The molecule has 0 aliphatic carbocycles. The molecular weight excluding hydrogens is 871 g/mol. The Morgan fingerprint density at radius 2 is 0.443 bits per heavy atom. The van der Waals surface area contributed by atoms with Gasteiger partial charge in [-0.1, -0.05) is 182 Å². The quantitative estimate of drug-likeness (QED) is 0.0904. The van der Waals surface area contributed by atoms with E-state index in [2.05, 4.69) is 97.1 Å². The first kappa shape index (κ1) is 47.9. The summed E-state index contributed by atoms with van der Waals surface area (Å²) < 4.78 is 22.4. The van der Waals surface area contributed by atoms with Crippen molar-refractivity contribution < 1.29 is 33.1 Å². The molecule has 0 bridgehead atoms. The number of hydrogen-bond donors (Lipinski definition) is 0. The molecule has 0 amide bonds. The second-order valence-corrected chi connectivity index (χ2v) is 23.6. The minimum absolute atomic E-state index is 0.649. The summed E-state index contributed by atoms with van der Waals surface area (Å²) >= 11 is 5.40. The zero-order valence-electron chi connectivity index (χ0n) is 34.9. The Bertz CT molecular complexity index is 1960. The van der Waals surface area contributed by atoms with Gasteiger partial charge in [0, 0.05) is 53.2 Å². The van der Waals surface area contributed by atoms with Crippen LogP contribution in [0.1, 0.15) is 0 Å². The summed E-state index contributed by atoms with van der Waals surface area (Å²) in [5.74, 6) is 0. The molecule has 4 nitrogen and oxygen atoms in total. The molecule has 315 valence electrons. The second-order valence-electron chi connectivity index (χ2n) is 12.9. The summed E-state index contributed by atoms with van der Waals surface area (Å²) in [5, 5.41) is 9.79. The van der Waals surface area contributed by atoms with Crippen molar-refractivity contribution in [3.8, 4) is 0 Å². The summed E-state index contributed by atoms with van der Waals surface area (Å²) in [6, 6.07) is 82.4. The van der Waals surface area contributed by atoms with Crippen molar-refractivity contribution in [2.45, 2.75) is 0 Å². The van der Waals surface area contributed by atoms with Crippen LogP contribution < -0.4 is 42.4 Å². The molecule has 0 spiro atoms. The molecule has 61 heavy (non-hydrogen) atoms. The summed E-state index contributed by atoms with van der Waals surface area (Å²) in [5.41, 5.74) is 0. The molecule has 0 saturated heterocycles. The van der Waals surface area contributed by atoms with Crippen LogP contribution in [0.25, 0.3) is 0 Å². The Labute approximate surface area is 375 Å². The first-order valence-corrected chi connectivity index (χ1v) is 26.7. The maximum atomic E-state index is 5.68. The van der Waals surface area contributed by atoms with Gasteiger partial charge in [0.25, 0.3) is 0 Å². The maximum absolute atomic E-state index is 5.68. The Hall–Kier alpha value is -4.19. The molecule has 0 aromatic heterocycles. The molecule has 0 aliphatic heterocycles. The van der Waals surface area contributed by atoms with E-state index in [0.717, 1.165) is 10.6 Å². The topological polar surface area (TPSA) is 36.9 Å². The Kier molecular flexibility index (Phi) is 21.2. The number of benzene rings is 8. The predicted octanol–water partition coefficient (Wildman–Crippen LogP) is 10.5. The van der Waals surface area contributed by atoms with E-state index < -0.39 is 30.7 Å². The van der Waals surface area contributed by atoms with Crippen molar-refractivity contribution in [1.29, 1.82) is 0 Å². The first-order chi connectivity index (χ1) is 30.0. The van der Waals surface area contributed by atoms with Gasteiger partial charge in [-0.3, -0.25) is 0 Å². The monoisotopic (exact) mass is 923 g/mol. The fraction of sp³-hybridized carbons (Fsp3) is 0.0769. The normalized spacial score (nSPS) is 11.0. The first-order valence-electron chi connectivity index (χ1n) is 19.7. The van der Waals surface area contributed by atoms with Gasteiger partial charge in [-0.05, 0) is 0 Å². The predicted molar refractivity (Wildman–Crippen MR) is 266 cm³/mol. The van der Waals surface area contributed by atoms with Crippen molar-refractivity contribution in [2.75, 3.05) is 28.4 Å². The average molecular weight is 925 g/mol. The molecule has 0 atom stereocenters. The zero-order chi connectivity index (χ0) is 43.0. The fourth-order valence-electron chi connectivity index (χ4n) is 6.15. The average Bonchev–Trinajstić information content (AvgIpc) is 3.35. The van der Waals surface area contributed by atoms with E-state index in [1.807, 2.05) is 146 Å². The molecule has 8 aromatic rings. The van der Waals surface area contributed by atoms with Crippen LogP contribution in [-0.2, 0) is 33.1 Å². The zero-order valence-corrected chi connectivity index (χ0v) is 39.6. The van der Waals surface area contributed by atoms with E-state index in [1.54, 1.807) is 28.4 Å². The van der Waals surface area contributed by atoms with Gasteiger partial charge in [0.2, 0.25) is 0 Å². The SMILES string of the molecule is COP(c1ccccc1)c1ccccc1.COP(c1ccccc1)c1ccccc1.COP(c1ccccc1)c1ccccc1.CO[PH]([Ni])(c1ccccc1)c1ccccc1. The van der Waals surface area contributed by atoms with Crippen LogP contribution in [0, 0.1) is 0 Å². The van der Waals surface area contributed by atoms with E-state index in [1.165, 1.54) is 31.8 Å². The van der Waals surface area contributed by atoms with Gasteiger partial charge in [0.05, 0.1) is 24.4 Å². The third kappa shape index (κ3) is 14.7. The molecule has 0 saturated carbocycles. The molecule has 0 radical (unpaired) electrons. The van der Waals surface area contributed by atoms with Crippen LogP contribution in [0.4, 0.5) is 0 Å². The molecule has 8 rings (SSSR count). The van der Waals surface area contributed by atoms with Crippen molar-refractivity contribution in [1.82, 2.24) is 0 Å². The van der Waals surface area contributed by atoms with Gasteiger partial charge < -0.3 is 13.6 Å². The van der Waals surface area contributed by atoms with Crippen LogP contribution in [-0.4, -0.2) is 28.4 Å². The molecule has 0 unspecified atom stereocenters. The van der Waals surface area contributed by atoms with Crippen molar-refractivity contribution in [2.24, 2.45) is 0 Å². The standard InChI is InChI=1S/4C13H13OP.Ni/c4*1-14-15(12-8-4-2-5-9-12)13-10-6-3-7-11-13;/h4*2-11H,1H3;/q;;;;-1/p+1. The van der Waals surface area contributed by atoms with Crippen LogP contribution in [0.2, 0.25) is 0 Å². The number of hydrogen-bond acceptors (Lipinski definition) is 4. The minimum atomic E-state index is -2.35. The van der Waals surface area contributed by atoms with Gasteiger partial charge in [0.1, 0.15) is 0 Å². The third-order valence-electron chi connectivity index (χ3n) is 9.02.